The maximum absolute atomic E-state index is 4.63. The molecule has 0 atom stereocenters. The molecule has 0 bridgehead atoms. The van der Waals surface area contributed by atoms with Crippen LogP contribution < -0.4 is 0 Å². The van der Waals surface area contributed by atoms with Crippen LogP contribution in [0, 0.1) is 0 Å². The Bertz CT molecular complexity index is 2810. The number of pyridine rings is 5. The summed E-state index contributed by atoms with van der Waals surface area (Å²) in [5, 5.41) is 10.6. The third-order valence-corrected chi connectivity index (χ3v) is 15.4. The topological polar surface area (TPSA) is 64.5 Å². The summed E-state index contributed by atoms with van der Waals surface area (Å²) in [4.78, 5) is 22.2. The van der Waals surface area contributed by atoms with Crippen LogP contribution in [-0.2, 0) is 0 Å². The van der Waals surface area contributed by atoms with Gasteiger partial charge in [0.25, 0.3) is 0 Å². The van der Waals surface area contributed by atoms with E-state index < -0.39 is 0 Å². The molecule has 0 aliphatic carbocycles. The Morgan fingerprint density at radius 1 is 0.222 bits per heavy atom. The molecule has 5 aromatic carbocycles. The van der Waals surface area contributed by atoms with Gasteiger partial charge in [-0.05, 0) is 150 Å². The number of hydrogen-bond acceptors (Lipinski definition) is 5. The van der Waals surface area contributed by atoms with E-state index in [0.717, 1.165) is 0 Å². The predicted molar refractivity (Wildman–Crippen MR) is 356 cm³/mol. The van der Waals surface area contributed by atoms with Crippen molar-refractivity contribution in [2.45, 2.75) is 205 Å². The van der Waals surface area contributed by atoms with Crippen LogP contribution in [0.5, 0.6) is 0 Å². The molecule has 0 N–H and O–H groups in total. The second-order valence-corrected chi connectivity index (χ2v) is 24.8. The minimum atomic E-state index is 0. The molecule has 0 radical (unpaired) electrons. The fraction of sp³-hybridized carbons (Fsp3) is 0.408. The highest BCUT2D eigenvalue weighted by Gasteiger charge is 2.16. The summed E-state index contributed by atoms with van der Waals surface area (Å²) >= 11 is 0. The van der Waals surface area contributed by atoms with Gasteiger partial charge in [0.05, 0.1) is 16.7 Å². The first kappa shape index (κ1) is 65.0. The van der Waals surface area contributed by atoms with E-state index in [1.165, 1.54) is 110 Å². The highest BCUT2D eigenvalue weighted by atomic mass is 14.7. The molecule has 81 heavy (non-hydrogen) atoms. The van der Waals surface area contributed by atoms with Gasteiger partial charge in [0.2, 0.25) is 0 Å². The molecule has 428 valence electrons. The minimum Gasteiger partial charge on any atom is -0.264 e. The van der Waals surface area contributed by atoms with Crippen molar-refractivity contribution in [2.24, 2.45) is 0 Å². The van der Waals surface area contributed by atoms with Crippen molar-refractivity contribution in [3.05, 3.63) is 208 Å². The van der Waals surface area contributed by atoms with Crippen molar-refractivity contribution in [3.63, 3.8) is 0 Å². The SMILES string of the molecule is C.CC(C)c1ccc(C(C)C)c2cnccc12.CC(C)c1ccc(C(C)C)c2cnccc12.CC(C)c1ccc(C(C)C)c2ncccc12.CC(C)c1ccc(C(C)C)c2ncccc12.CC(C)c1cnc(C(C)C)c2ccccc12. The van der Waals surface area contributed by atoms with Crippen LogP contribution in [0.1, 0.15) is 261 Å². The summed E-state index contributed by atoms with van der Waals surface area (Å²) in [6.07, 6.45) is 13.6. The van der Waals surface area contributed by atoms with Crippen molar-refractivity contribution in [3.8, 4) is 0 Å². The Kier molecular flexibility index (Phi) is 23.9. The van der Waals surface area contributed by atoms with Crippen molar-refractivity contribution < 1.29 is 0 Å². The van der Waals surface area contributed by atoms with Gasteiger partial charge < -0.3 is 0 Å². The molecular formula is C76H99N5. The van der Waals surface area contributed by atoms with Crippen LogP contribution >= 0.6 is 0 Å². The van der Waals surface area contributed by atoms with E-state index in [1.807, 2.05) is 55.5 Å². The summed E-state index contributed by atoms with van der Waals surface area (Å²) in [7, 11) is 0. The second-order valence-electron chi connectivity index (χ2n) is 24.8. The smallest absolute Gasteiger partial charge is 0.0739 e. The molecule has 0 saturated carbocycles. The number of nitrogens with zero attached hydrogens (tertiary/aromatic N) is 5. The first-order valence-electron chi connectivity index (χ1n) is 29.9. The van der Waals surface area contributed by atoms with Gasteiger partial charge in [-0.2, -0.15) is 0 Å². The Balaban J connectivity index is 0.000000185. The van der Waals surface area contributed by atoms with Gasteiger partial charge in [-0.25, -0.2) is 0 Å². The number of hydrogen-bond donors (Lipinski definition) is 0. The van der Waals surface area contributed by atoms with Crippen molar-refractivity contribution in [1.82, 2.24) is 24.9 Å². The van der Waals surface area contributed by atoms with E-state index in [9.17, 15) is 0 Å². The molecule has 0 spiro atoms. The van der Waals surface area contributed by atoms with E-state index in [0.29, 0.717) is 59.2 Å². The molecule has 0 aliphatic heterocycles. The largest absolute Gasteiger partial charge is 0.264 e. The van der Waals surface area contributed by atoms with Crippen LogP contribution in [0.4, 0.5) is 0 Å². The molecule has 0 amide bonds. The van der Waals surface area contributed by atoms with Crippen LogP contribution in [0.3, 0.4) is 0 Å². The highest BCUT2D eigenvalue weighted by molar-refractivity contribution is 5.91. The molecule has 0 unspecified atom stereocenters. The molecular weight excluding hydrogens is 983 g/mol. The normalized spacial score (nSPS) is 11.5. The number of fused-ring (bicyclic) bond motifs is 5. The summed E-state index contributed by atoms with van der Waals surface area (Å²) in [6, 6.07) is 39.3. The van der Waals surface area contributed by atoms with Crippen LogP contribution in [0.15, 0.2) is 153 Å². The molecule has 10 rings (SSSR count). The van der Waals surface area contributed by atoms with E-state index in [-0.39, 0.29) is 7.43 Å². The number of benzene rings is 5. The van der Waals surface area contributed by atoms with E-state index >= 15 is 0 Å². The molecule has 5 aromatic heterocycles. The van der Waals surface area contributed by atoms with Crippen LogP contribution in [0.25, 0.3) is 54.1 Å². The fourth-order valence-corrected chi connectivity index (χ4v) is 11.0. The lowest BCUT2D eigenvalue weighted by Crippen LogP contribution is -1.98. The average Bonchev–Trinajstić information content (AvgIpc) is 3.43. The summed E-state index contributed by atoms with van der Waals surface area (Å²) in [6.45, 7) is 44.5. The number of rotatable bonds is 10. The lowest BCUT2D eigenvalue weighted by molar-refractivity contribution is 0.818. The maximum atomic E-state index is 4.63. The monoisotopic (exact) mass is 1080 g/mol. The second kappa shape index (κ2) is 29.7. The number of aromatic nitrogens is 5. The zero-order valence-corrected chi connectivity index (χ0v) is 52.4. The van der Waals surface area contributed by atoms with Gasteiger partial charge in [0, 0.05) is 70.3 Å². The summed E-state index contributed by atoms with van der Waals surface area (Å²) in [5.74, 6) is 5.38. The summed E-state index contributed by atoms with van der Waals surface area (Å²) in [5.41, 5.74) is 16.0. The molecule has 0 fully saturated rings. The lowest BCUT2D eigenvalue weighted by atomic mass is 9.90. The van der Waals surface area contributed by atoms with Gasteiger partial charge in [-0.1, -0.05) is 231 Å². The van der Waals surface area contributed by atoms with Crippen LogP contribution in [0.2, 0.25) is 0 Å². The van der Waals surface area contributed by atoms with Gasteiger partial charge in [0.1, 0.15) is 0 Å². The van der Waals surface area contributed by atoms with Crippen molar-refractivity contribution in [1.29, 1.82) is 0 Å². The van der Waals surface area contributed by atoms with Crippen molar-refractivity contribution in [2.75, 3.05) is 0 Å². The van der Waals surface area contributed by atoms with Gasteiger partial charge in [-0.15, -0.1) is 0 Å². The Hall–Kier alpha value is -6.85. The van der Waals surface area contributed by atoms with Gasteiger partial charge in [0.15, 0.2) is 0 Å². The zero-order valence-electron chi connectivity index (χ0n) is 52.4. The third kappa shape index (κ3) is 15.8. The first-order valence-corrected chi connectivity index (χ1v) is 29.9. The fourth-order valence-electron chi connectivity index (χ4n) is 11.0. The van der Waals surface area contributed by atoms with Crippen LogP contribution in [-0.4, -0.2) is 24.9 Å². The van der Waals surface area contributed by atoms with E-state index in [2.05, 4.69) is 260 Å². The molecule has 5 heteroatoms. The first-order chi connectivity index (χ1) is 38.0. The molecule has 10 aromatic rings. The quantitative estimate of drug-likeness (QED) is 0.137. The Labute approximate surface area is 490 Å². The standard InChI is InChI=1S/5C15H19N.CH4/c2*1-10(2)12-5-6-13(11(3)4)15-9-16-8-7-14(12)15;2*1-10(2)12-7-8-13(11(3)4)15-14(12)6-5-9-16-15;1-10(2)14-9-16-15(11(3)4)13-8-6-5-7-12(13)14;/h5*5-11H,1-4H3;1H4. The third-order valence-electron chi connectivity index (χ3n) is 15.4. The average molecular weight is 1080 g/mol. The molecule has 5 heterocycles. The molecule has 0 aliphatic rings. The van der Waals surface area contributed by atoms with Crippen molar-refractivity contribution >= 4 is 54.1 Å². The summed E-state index contributed by atoms with van der Waals surface area (Å²) < 4.78 is 0. The lowest BCUT2D eigenvalue weighted by Gasteiger charge is -2.15. The Morgan fingerprint density at radius 3 is 0.840 bits per heavy atom. The predicted octanol–water partition coefficient (Wildman–Crippen LogP) is 23.0. The maximum Gasteiger partial charge on any atom is 0.0739 e. The van der Waals surface area contributed by atoms with Gasteiger partial charge in [-0.3, -0.25) is 24.9 Å². The highest BCUT2D eigenvalue weighted by Crippen LogP contribution is 2.35. The van der Waals surface area contributed by atoms with Gasteiger partial charge >= 0.3 is 0 Å². The minimum absolute atomic E-state index is 0. The molecule has 5 nitrogen and oxygen atoms in total. The van der Waals surface area contributed by atoms with E-state index in [1.54, 1.807) is 0 Å². The Morgan fingerprint density at radius 2 is 0.506 bits per heavy atom. The van der Waals surface area contributed by atoms with E-state index in [4.69, 9.17) is 0 Å². The molecule has 0 saturated heterocycles. The zero-order chi connectivity index (χ0) is 58.5.